The molecule has 1 atom stereocenters. The third-order valence-corrected chi connectivity index (χ3v) is 5.51. The Morgan fingerprint density at radius 3 is 2.15 bits per heavy atom. The highest BCUT2D eigenvalue weighted by molar-refractivity contribution is 7.99. The summed E-state index contributed by atoms with van der Waals surface area (Å²) in [6.07, 6.45) is -8.39. The number of carbonyl (C=O) groups is 1. The highest BCUT2D eigenvalue weighted by Crippen LogP contribution is 2.41. The number of benzene rings is 2. The lowest BCUT2D eigenvalue weighted by Gasteiger charge is -2.32. The zero-order valence-electron chi connectivity index (χ0n) is 16.9. The van der Waals surface area contributed by atoms with Gasteiger partial charge in [-0.05, 0) is 47.7 Å². The van der Waals surface area contributed by atoms with E-state index < -0.39 is 48.1 Å². The molecule has 0 saturated heterocycles. The van der Waals surface area contributed by atoms with Crippen molar-refractivity contribution in [3.8, 4) is 0 Å². The first-order valence-corrected chi connectivity index (χ1v) is 11.3. The van der Waals surface area contributed by atoms with Crippen LogP contribution in [-0.4, -0.2) is 35.7 Å². The maximum atomic E-state index is 13.7. The van der Waals surface area contributed by atoms with Gasteiger partial charge in [0.15, 0.2) is 0 Å². The molecule has 33 heavy (non-hydrogen) atoms. The van der Waals surface area contributed by atoms with E-state index in [4.69, 9.17) is 23.2 Å². The molecule has 0 bridgehead atoms. The van der Waals surface area contributed by atoms with Gasteiger partial charge in [0.25, 0.3) is 0 Å². The van der Waals surface area contributed by atoms with Gasteiger partial charge in [-0.15, -0.1) is 0 Å². The molecule has 3 N–H and O–H groups in total. The zero-order chi connectivity index (χ0) is 25.0. The fourth-order valence-corrected chi connectivity index (χ4v) is 3.76. The van der Waals surface area contributed by atoms with Crippen molar-refractivity contribution in [2.45, 2.75) is 24.5 Å². The molecule has 0 unspecified atom stereocenters. The molecule has 0 fully saturated rings. The lowest BCUT2D eigenvalue weighted by Crippen LogP contribution is -2.47. The van der Waals surface area contributed by atoms with Gasteiger partial charge in [-0.25, -0.2) is 0 Å². The fraction of sp³-hybridized carbons (Fsp3) is 0.350. The van der Waals surface area contributed by atoms with Crippen LogP contribution in [-0.2, 0) is 23.1 Å². The molecule has 1 amide bonds. The molecule has 2 aromatic rings. The van der Waals surface area contributed by atoms with E-state index in [9.17, 15) is 36.2 Å². The minimum absolute atomic E-state index is 0.0601. The van der Waals surface area contributed by atoms with Crippen molar-refractivity contribution < 1.29 is 36.2 Å². The Labute approximate surface area is 199 Å². The Hall–Kier alpha value is -1.82. The first kappa shape index (κ1) is 27.4. The summed E-state index contributed by atoms with van der Waals surface area (Å²) in [4.78, 5) is 11.6. The second-order valence-corrected chi connectivity index (χ2v) is 8.69. The minimum Gasteiger partial charge on any atom is -0.381 e. The molecule has 13 heteroatoms. The second kappa shape index (κ2) is 10.6. The summed E-state index contributed by atoms with van der Waals surface area (Å²) in [5.74, 6) is -0.405. The lowest BCUT2D eigenvalue weighted by molar-refractivity contribution is -0.260. The maximum absolute atomic E-state index is 13.7. The monoisotopic (exact) mass is 534 g/mol. The summed E-state index contributed by atoms with van der Waals surface area (Å²) in [7, 11) is 0. The number of nitrogens with one attached hydrogen (secondary N) is 2. The molecule has 4 nitrogen and oxygen atoms in total. The Kier molecular flexibility index (Phi) is 8.83. The van der Waals surface area contributed by atoms with Crippen molar-refractivity contribution >= 4 is 46.6 Å². The van der Waals surface area contributed by atoms with Crippen LogP contribution in [0.2, 0.25) is 10.0 Å². The predicted molar refractivity (Wildman–Crippen MR) is 117 cm³/mol. The van der Waals surface area contributed by atoms with Crippen LogP contribution in [0, 0.1) is 0 Å². The summed E-state index contributed by atoms with van der Waals surface area (Å²) < 4.78 is 81.7. The van der Waals surface area contributed by atoms with Gasteiger partial charge in [0.1, 0.15) is 0 Å². The van der Waals surface area contributed by atoms with Gasteiger partial charge in [0.05, 0.1) is 17.9 Å². The highest BCUT2D eigenvalue weighted by Gasteiger charge is 2.55. The van der Waals surface area contributed by atoms with Gasteiger partial charge in [0, 0.05) is 22.3 Å². The molecule has 0 saturated carbocycles. The van der Waals surface area contributed by atoms with E-state index >= 15 is 0 Å². The number of hydrogen-bond acceptors (Lipinski definition) is 4. The number of amides is 1. The number of hydrogen-bond donors (Lipinski definition) is 3. The van der Waals surface area contributed by atoms with Crippen molar-refractivity contribution in [2.75, 3.05) is 23.9 Å². The average Bonchev–Trinajstić information content (AvgIpc) is 2.68. The normalized spacial score (nSPS) is 14.0. The van der Waals surface area contributed by atoms with E-state index in [1.54, 1.807) is 6.26 Å². The van der Waals surface area contributed by atoms with Gasteiger partial charge < -0.3 is 15.7 Å². The first-order valence-electron chi connectivity index (χ1n) is 9.12. The molecule has 0 heterocycles. The summed E-state index contributed by atoms with van der Waals surface area (Å²) in [6, 6.07) is 5.66. The van der Waals surface area contributed by atoms with Crippen LogP contribution in [0.5, 0.6) is 0 Å². The topological polar surface area (TPSA) is 61.4 Å². The Bertz CT molecular complexity index is 983. The highest BCUT2D eigenvalue weighted by atomic mass is 35.5. The number of anilines is 1. The van der Waals surface area contributed by atoms with Crippen LogP contribution in [0.25, 0.3) is 0 Å². The fourth-order valence-electron chi connectivity index (χ4n) is 2.87. The van der Waals surface area contributed by atoms with Crippen LogP contribution in [0.3, 0.4) is 0 Å². The van der Waals surface area contributed by atoms with Crippen molar-refractivity contribution in [1.82, 2.24) is 5.32 Å². The van der Waals surface area contributed by atoms with Crippen molar-refractivity contribution in [3.63, 3.8) is 0 Å². The maximum Gasteiger partial charge on any atom is 0.423 e. The molecule has 0 radical (unpaired) electrons. The van der Waals surface area contributed by atoms with Gasteiger partial charge >= 0.3 is 12.4 Å². The molecule has 0 aliphatic rings. The summed E-state index contributed by atoms with van der Waals surface area (Å²) in [5, 5.41) is 14.7. The molecule has 2 aromatic carbocycles. The third-order valence-electron chi connectivity index (χ3n) is 4.52. The number of halogens is 8. The van der Waals surface area contributed by atoms with Gasteiger partial charge in [0.2, 0.25) is 11.5 Å². The van der Waals surface area contributed by atoms with E-state index in [1.807, 2.05) is 0 Å². The van der Waals surface area contributed by atoms with Crippen LogP contribution < -0.4 is 10.6 Å². The number of thioether (sulfide) groups is 1. The van der Waals surface area contributed by atoms with Gasteiger partial charge in [-0.3, -0.25) is 4.79 Å². The molecule has 0 aromatic heterocycles. The molecule has 182 valence electrons. The number of alkyl halides is 6. The average molecular weight is 535 g/mol. The second-order valence-electron chi connectivity index (χ2n) is 6.95. The summed E-state index contributed by atoms with van der Waals surface area (Å²) >= 11 is 12.7. The molecule has 0 aliphatic carbocycles. The van der Waals surface area contributed by atoms with Crippen LogP contribution >= 0.6 is 35.0 Å². The van der Waals surface area contributed by atoms with Crippen molar-refractivity contribution in [1.29, 1.82) is 0 Å². The van der Waals surface area contributed by atoms with Crippen LogP contribution in [0.4, 0.5) is 32.0 Å². The van der Waals surface area contributed by atoms with Crippen LogP contribution in [0.1, 0.15) is 16.7 Å². The van der Waals surface area contributed by atoms with E-state index in [0.29, 0.717) is 6.07 Å². The number of aliphatic hydroxyl groups is 1. The minimum atomic E-state index is -5.21. The largest absolute Gasteiger partial charge is 0.423 e. The number of rotatable bonds is 8. The standard InChI is InChI=1S/C20H18Cl2F6N2O2S/c1-33-9-17(31)29-8-11-2-3-15(7-16(11)19(23,24)25)30-10-18(32,20(26,27)28)12-4-13(21)6-14(22)5-12/h2-7,30,32H,8-10H2,1H3,(H,29,31)/t18-/m1/s1. The first-order chi connectivity index (χ1) is 15.2. The van der Waals surface area contributed by atoms with E-state index in [0.717, 1.165) is 24.3 Å². The smallest absolute Gasteiger partial charge is 0.381 e. The quantitative estimate of drug-likeness (QED) is 0.371. The zero-order valence-corrected chi connectivity index (χ0v) is 19.2. The van der Waals surface area contributed by atoms with E-state index in [2.05, 4.69) is 10.6 Å². The SMILES string of the molecule is CSCC(=O)NCc1ccc(NC[C@@](O)(c2cc(Cl)cc(Cl)c2)C(F)(F)F)cc1C(F)(F)F. The predicted octanol–water partition coefficient (Wildman–Crippen LogP) is 5.85. The van der Waals surface area contributed by atoms with Crippen molar-refractivity contribution in [3.05, 3.63) is 63.1 Å². The molecular formula is C20H18Cl2F6N2O2S. The third kappa shape index (κ3) is 7.08. The lowest BCUT2D eigenvalue weighted by atomic mass is 9.92. The van der Waals surface area contributed by atoms with Crippen molar-refractivity contribution in [2.24, 2.45) is 0 Å². The van der Waals surface area contributed by atoms with Gasteiger partial charge in [-0.1, -0.05) is 29.3 Å². The van der Waals surface area contributed by atoms with Crippen LogP contribution in [0.15, 0.2) is 36.4 Å². The molecule has 2 rings (SSSR count). The molecule has 0 aliphatic heterocycles. The van der Waals surface area contributed by atoms with E-state index in [1.165, 1.54) is 17.8 Å². The summed E-state index contributed by atoms with van der Waals surface area (Å²) in [6.45, 7) is -1.63. The Morgan fingerprint density at radius 1 is 1.03 bits per heavy atom. The molecule has 0 spiro atoms. The Morgan fingerprint density at radius 2 is 1.64 bits per heavy atom. The number of carbonyl (C=O) groups excluding carboxylic acids is 1. The van der Waals surface area contributed by atoms with E-state index in [-0.39, 0.29) is 27.0 Å². The van der Waals surface area contributed by atoms with Gasteiger partial charge in [-0.2, -0.15) is 38.1 Å². The Balaban J connectivity index is 2.33. The summed E-state index contributed by atoms with van der Waals surface area (Å²) in [5.41, 5.74) is -5.90. The molecular weight excluding hydrogens is 517 g/mol.